The van der Waals surface area contributed by atoms with Crippen LogP contribution in [0.15, 0.2) is 47.5 Å². The normalized spacial score (nSPS) is 11.2. The van der Waals surface area contributed by atoms with E-state index in [1.165, 1.54) is 21.8 Å². The molecule has 1 aromatic heterocycles. The van der Waals surface area contributed by atoms with Crippen LogP contribution in [0, 0.1) is 0 Å². The molecule has 1 heterocycles. The third-order valence-electron chi connectivity index (χ3n) is 3.62. The van der Waals surface area contributed by atoms with E-state index < -0.39 is 0 Å². The highest BCUT2D eigenvalue weighted by atomic mass is 16.1. The minimum atomic E-state index is 0.390. The van der Waals surface area contributed by atoms with Crippen LogP contribution in [0.1, 0.15) is 25.5 Å². The Morgan fingerprint density at radius 2 is 1.85 bits per heavy atom. The third kappa shape index (κ3) is 1.93. The van der Waals surface area contributed by atoms with Gasteiger partial charge in [0.25, 0.3) is 0 Å². The van der Waals surface area contributed by atoms with E-state index in [0.717, 1.165) is 5.56 Å². The number of nitrogens with zero attached hydrogens (tertiary/aromatic N) is 2. The molecule has 100 valence electrons. The van der Waals surface area contributed by atoms with Gasteiger partial charge in [-0.2, -0.15) is 0 Å². The first-order chi connectivity index (χ1) is 9.72. The molecule has 3 heteroatoms. The molecule has 3 aromatic rings. The van der Waals surface area contributed by atoms with Crippen LogP contribution in [0.3, 0.4) is 0 Å². The number of benzene rings is 2. The maximum absolute atomic E-state index is 10.3. The summed E-state index contributed by atoms with van der Waals surface area (Å²) >= 11 is 0. The van der Waals surface area contributed by atoms with Crippen molar-refractivity contribution in [2.45, 2.75) is 26.4 Å². The van der Waals surface area contributed by atoms with Crippen molar-refractivity contribution in [2.75, 3.05) is 0 Å². The molecule has 3 nitrogen and oxygen atoms in total. The van der Waals surface area contributed by atoms with E-state index in [4.69, 9.17) is 0 Å². The Balaban J connectivity index is 2.34. The van der Waals surface area contributed by atoms with Crippen molar-refractivity contribution in [2.24, 2.45) is 4.99 Å². The van der Waals surface area contributed by atoms with Crippen molar-refractivity contribution in [1.82, 2.24) is 4.57 Å². The molecule has 0 spiro atoms. The van der Waals surface area contributed by atoms with Crippen LogP contribution in [-0.4, -0.2) is 10.6 Å². The number of rotatable bonds is 3. The number of aromatic nitrogens is 1. The second-order valence-corrected chi connectivity index (χ2v) is 5.24. The van der Waals surface area contributed by atoms with Gasteiger partial charge in [0.1, 0.15) is 0 Å². The van der Waals surface area contributed by atoms with Gasteiger partial charge in [0.05, 0.1) is 6.54 Å². The predicted octanol–water partition coefficient (Wildman–Crippen LogP) is 4.21. The zero-order valence-corrected chi connectivity index (χ0v) is 11.6. The van der Waals surface area contributed by atoms with Gasteiger partial charge < -0.3 is 4.57 Å². The molecule has 0 N–H and O–H groups in total. The summed E-state index contributed by atoms with van der Waals surface area (Å²) in [6.45, 7) is 4.77. The Kier molecular flexibility index (Phi) is 3.13. The van der Waals surface area contributed by atoms with Crippen LogP contribution in [0.25, 0.3) is 21.8 Å². The summed E-state index contributed by atoms with van der Waals surface area (Å²) in [5.41, 5.74) is 3.50. The zero-order chi connectivity index (χ0) is 14.1. The number of carbonyl (C=O) groups excluding carboxylic acids is 1. The molecular weight excluding hydrogens is 248 g/mol. The number of para-hydroxylation sites is 1. The van der Waals surface area contributed by atoms with Gasteiger partial charge in [-0.3, -0.25) is 0 Å². The molecule has 0 saturated heterocycles. The average molecular weight is 264 g/mol. The molecule has 0 aliphatic carbocycles. The lowest BCUT2D eigenvalue weighted by atomic mass is 10.1. The fourth-order valence-electron chi connectivity index (χ4n) is 2.83. The molecule has 2 aromatic carbocycles. The lowest BCUT2D eigenvalue weighted by Crippen LogP contribution is -1.99. The molecular formula is C17H16N2O. The first kappa shape index (κ1) is 12.6. The van der Waals surface area contributed by atoms with Crippen molar-refractivity contribution >= 4 is 27.9 Å². The highest BCUT2D eigenvalue weighted by molar-refractivity contribution is 6.08. The van der Waals surface area contributed by atoms with Crippen molar-refractivity contribution in [1.29, 1.82) is 0 Å². The Bertz CT molecular complexity index is 823. The standard InChI is InChI=1S/C17H16N2O/c1-12(2)19-16-6-4-3-5-14(16)15-9-13(10-18-11-20)7-8-17(15)19/h3-9,12H,10H2,1-2H3. The molecule has 0 aliphatic rings. The summed E-state index contributed by atoms with van der Waals surface area (Å²) in [5.74, 6) is 0. The monoisotopic (exact) mass is 264 g/mol. The topological polar surface area (TPSA) is 34.4 Å². The van der Waals surface area contributed by atoms with Crippen LogP contribution in [0.5, 0.6) is 0 Å². The molecule has 0 radical (unpaired) electrons. The van der Waals surface area contributed by atoms with E-state index in [9.17, 15) is 4.79 Å². The molecule has 0 fully saturated rings. The summed E-state index contributed by atoms with van der Waals surface area (Å²) in [5, 5.41) is 2.46. The maximum Gasteiger partial charge on any atom is 0.235 e. The average Bonchev–Trinajstić information content (AvgIpc) is 2.79. The molecule has 0 amide bonds. The Labute approximate surface area is 117 Å². The van der Waals surface area contributed by atoms with Gasteiger partial charge in [-0.05, 0) is 37.6 Å². The Morgan fingerprint density at radius 1 is 1.10 bits per heavy atom. The van der Waals surface area contributed by atoms with Crippen LogP contribution < -0.4 is 0 Å². The molecule has 0 atom stereocenters. The third-order valence-corrected chi connectivity index (χ3v) is 3.62. The molecule has 0 unspecified atom stereocenters. The second kappa shape index (κ2) is 4.95. The van der Waals surface area contributed by atoms with E-state index >= 15 is 0 Å². The van der Waals surface area contributed by atoms with Gasteiger partial charge in [0, 0.05) is 27.8 Å². The largest absolute Gasteiger partial charge is 0.338 e. The summed E-state index contributed by atoms with van der Waals surface area (Å²) in [4.78, 5) is 13.9. The Hall–Kier alpha value is -2.38. The smallest absolute Gasteiger partial charge is 0.235 e. The number of aliphatic imine (C=N–C) groups is 1. The zero-order valence-electron chi connectivity index (χ0n) is 11.6. The first-order valence-corrected chi connectivity index (χ1v) is 6.77. The lowest BCUT2D eigenvalue weighted by Gasteiger charge is -2.11. The quantitative estimate of drug-likeness (QED) is 0.515. The first-order valence-electron chi connectivity index (χ1n) is 6.77. The highest BCUT2D eigenvalue weighted by Gasteiger charge is 2.12. The van der Waals surface area contributed by atoms with E-state index in [0.29, 0.717) is 12.6 Å². The van der Waals surface area contributed by atoms with Crippen molar-refractivity contribution in [3.05, 3.63) is 48.0 Å². The fourth-order valence-corrected chi connectivity index (χ4v) is 2.83. The SMILES string of the molecule is CC(C)n1c2ccccc2c2cc(CN=C=O)ccc21. The molecule has 0 saturated carbocycles. The van der Waals surface area contributed by atoms with E-state index in [2.05, 4.69) is 59.8 Å². The van der Waals surface area contributed by atoms with Crippen LogP contribution in [0.4, 0.5) is 0 Å². The summed E-state index contributed by atoms with van der Waals surface area (Å²) in [6.07, 6.45) is 1.59. The maximum atomic E-state index is 10.3. The van der Waals surface area contributed by atoms with Gasteiger partial charge in [-0.15, -0.1) is 0 Å². The highest BCUT2D eigenvalue weighted by Crippen LogP contribution is 2.32. The summed E-state index contributed by atoms with van der Waals surface area (Å²) < 4.78 is 2.34. The van der Waals surface area contributed by atoms with Gasteiger partial charge in [-0.25, -0.2) is 9.79 Å². The fraction of sp³-hybridized carbons (Fsp3) is 0.235. The molecule has 20 heavy (non-hydrogen) atoms. The van der Waals surface area contributed by atoms with Gasteiger partial charge in [0.2, 0.25) is 6.08 Å². The minimum absolute atomic E-state index is 0.390. The summed E-state index contributed by atoms with van der Waals surface area (Å²) in [6, 6.07) is 15.1. The summed E-state index contributed by atoms with van der Waals surface area (Å²) in [7, 11) is 0. The molecule has 0 bridgehead atoms. The lowest BCUT2D eigenvalue weighted by molar-refractivity contribution is 0.563. The number of isocyanates is 1. The van der Waals surface area contributed by atoms with Crippen molar-refractivity contribution in [3.63, 3.8) is 0 Å². The predicted molar refractivity (Wildman–Crippen MR) is 81.7 cm³/mol. The second-order valence-electron chi connectivity index (χ2n) is 5.24. The van der Waals surface area contributed by atoms with Crippen molar-refractivity contribution < 1.29 is 4.79 Å². The van der Waals surface area contributed by atoms with Gasteiger partial charge >= 0.3 is 0 Å². The molecule has 3 rings (SSSR count). The number of hydrogen-bond acceptors (Lipinski definition) is 2. The van der Waals surface area contributed by atoms with Gasteiger partial charge in [0.15, 0.2) is 0 Å². The number of fused-ring (bicyclic) bond motifs is 3. The van der Waals surface area contributed by atoms with Gasteiger partial charge in [-0.1, -0.05) is 24.3 Å². The van der Waals surface area contributed by atoms with Crippen molar-refractivity contribution in [3.8, 4) is 0 Å². The van der Waals surface area contributed by atoms with Crippen LogP contribution in [0.2, 0.25) is 0 Å². The van der Waals surface area contributed by atoms with Crippen LogP contribution >= 0.6 is 0 Å². The van der Waals surface area contributed by atoms with E-state index in [1.807, 2.05) is 6.07 Å². The van der Waals surface area contributed by atoms with Crippen LogP contribution in [-0.2, 0) is 11.3 Å². The van der Waals surface area contributed by atoms with E-state index in [1.54, 1.807) is 6.08 Å². The minimum Gasteiger partial charge on any atom is -0.338 e. The molecule has 0 aliphatic heterocycles. The van der Waals surface area contributed by atoms with E-state index in [-0.39, 0.29) is 0 Å². The Morgan fingerprint density at radius 3 is 2.60 bits per heavy atom. The number of hydrogen-bond donors (Lipinski definition) is 0.